The molecule has 0 aromatic heterocycles. The summed E-state index contributed by atoms with van der Waals surface area (Å²) in [7, 11) is 1.92. The molecule has 0 radical (unpaired) electrons. The van der Waals surface area contributed by atoms with Gasteiger partial charge in [-0.05, 0) is 104 Å². The van der Waals surface area contributed by atoms with Gasteiger partial charge in [-0.3, -0.25) is 4.79 Å². The number of Topliss-reactive ketones (excluding diaryl/α,β-unsaturated/α-hetero) is 1. The quantitative estimate of drug-likeness (QED) is 0.545. The molecule has 176 valence electrons. The Morgan fingerprint density at radius 3 is 2.62 bits per heavy atom. The van der Waals surface area contributed by atoms with E-state index in [0.717, 1.165) is 48.3 Å². The Kier molecular flexibility index (Phi) is 6.16. The summed E-state index contributed by atoms with van der Waals surface area (Å²) >= 11 is 0. The zero-order valence-electron chi connectivity index (χ0n) is 20.4. The molecule has 0 saturated heterocycles. The molecule has 0 heterocycles. The van der Waals surface area contributed by atoms with Gasteiger partial charge < -0.3 is 10.1 Å². The summed E-state index contributed by atoms with van der Waals surface area (Å²) in [5.74, 6) is 4.72. The summed E-state index contributed by atoms with van der Waals surface area (Å²) < 4.78 is 5.93. The van der Waals surface area contributed by atoms with Gasteiger partial charge in [-0.25, -0.2) is 0 Å². The lowest BCUT2D eigenvalue weighted by Gasteiger charge is -2.62. The van der Waals surface area contributed by atoms with Crippen molar-refractivity contribution in [3.8, 4) is 0 Å². The second-order valence-electron chi connectivity index (χ2n) is 12.1. The van der Waals surface area contributed by atoms with Gasteiger partial charge in [0.15, 0.2) is 5.78 Å². The number of rotatable bonds is 6. The number of fused-ring (bicyclic) bond motifs is 5. The summed E-state index contributed by atoms with van der Waals surface area (Å²) in [5.41, 5.74) is 1.65. The molecule has 3 heteroatoms. The number of hydrogen-bond donors (Lipinski definition) is 1. The van der Waals surface area contributed by atoms with Crippen LogP contribution in [-0.2, 0) is 9.53 Å². The van der Waals surface area contributed by atoms with Crippen molar-refractivity contribution >= 4 is 11.5 Å². The van der Waals surface area contributed by atoms with Gasteiger partial charge in [-0.2, -0.15) is 0 Å². The number of nitrogens with one attached hydrogen (secondary N) is 1. The number of hydrogen-bond acceptors (Lipinski definition) is 3. The normalized spacial score (nSPS) is 43.1. The highest BCUT2D eigenvalue weighted by molar-refractivity contribution is 5.86. The summed E-state index contributed by atoms with van der Waals surface area (Å²) in [6, 6.07) is 10.2. The van der Waals surface area contributed by atoms with E-state index in [2.05, 4.69) is 31.3 Å². The third-order valence-electron chi connectivity index (χ3n) is 10.7. The highest BCUT2D eigenvalue weighted by Gasteiger charge is 2.62. The third kappa shape index (κ3) is 3.63. The molecule has 7 unspecified atom stereocenters. The summed E-state index contributed by atoms with van der Waals surface area (Å²) in [6.45, 7) is 6.36. The van der Waals surface area contributed by atoms with E-state index in [0.29, 0.717) is 17.7 Å². The fourth-order valence-electron chi connectivity index (χ4n) is 9.21. The van der Waals surface area contributed by atoms with Gasteiger partial charge in [0.2, 0.25) is 0 Å². The van der Waals surface area contributed by atoms with Crippen molar-refractivity contribution in [2.24, 2.45) is 46.3 Å². The fourth-order valence-corrected chi connectivity index (χ4v) is 9.21. The number of ketones is 1. The van der Waals surface area contributed by atoms with Crippen LogP contribution in [0.1, 0.15) is 71.6 Å². The van der Waals surface area contributed by atoms with Crippen LogP contribution in [0.15, 0.2) is 30.3 Å². The predicted molar refractivity (Wildman–Crippen MR) is 131 cm³/mol. The van der Waals surface area contributed by atoms with E-state index in [4.69, 9.17) is 4.74 Å². The van der Waals surface area contributed by atoms with Crippen LogP contribution >= 0.6 is 0 Å². The Morgan fingerprint density at radius 1 is 1.03 bits per heavy atom. The van der Waals surface area contributed by atoms with Crippen LogP contribution in [0.4, 0.5) is 5.69 Å². The van der Waals surface area contributed by atoms with Gasteiger partial charge in [-0.1, -0.05) is 38.5 Å². The van der Waals surface area contributed by atoms with Crippen molar-refractivity contribution < 1.29 is 9.53 Å². The smallest absolute Gasteiger partial charge is 0.155 e. The minimum Gasteiger partial charge on any atom is -0.384 e. The van der Waals surface area contributed by atoms with Gasteiger partial charge in [0.1, 0.15) is 0 Å². The first kappa shape index (κ1) is 22.4. The van der Waals surface area contributed by atoms with E-state index in [1.54, 1.807) is 0 Å². The van der Waals surface area contributed by atoms with Crippen molar-refractivity contribution in [1.82, 2.24) is 0 Å². The van der Waals surface area contributed by atoms with Gasteiger partial charge in [0.05, 0.1) is 13.2 Å². The molecular weight excluding hydrogens is 394 g/mol. The molecule has 4 aliphatic rings. The Morgan fingerprint density at radius 2 is 1.84 bits per heavy atom. The number of methoxy groups -OCH3 is 1. The first-order chi connectivity index (χ1) is 15.5. The number of ether oxygens (including phenoxy) is 1. The predicted octanol–water partition coefficient (Wildman–Crippen LogP) is 6.59. The Hall–Kier alpha value is -1.35. The van der Waals surface area contributed by atoms with Crippen LogP contribution in [0.25, 0.3) is 0 Å². The zero-order valence-corrected chi connectivity index (χ0v) is 20.4. The maximum Gasteiger partial charge on any atom is 0.155 e. The summed E-state index contributed by atoms with van der Waals surface area (Å²) in [4.78, 5) is 13.4. The lowest BCUT2D eigenvalue weighted by Crippen LogP contribution is -2.56. The molecule has 0 amide bonds. The van der Waals surface area contributed by atoms with Crippen molar-refractivity contribution in [3.63, 3.8) is 0 Å². The molecule has 0 bridgehead atoms. The van der Waals surface area contributed by atoms with Crippen molar-refractivity contribution in [1.29, 1.82) is 0 Å². The van der Waals surface area contributed by atoms with Crippen molar-refractivity contribution in [2.75, 3.05) is 25.6 Å². The van der Waals surface area contributed by atoms with E-state index in [9.17, 15) is 4.79 Å². The van der Waals surface area contributed by atoms with Crippen LogP contribution in [0.3, 0.4) is 0 Å². The van der Waals surface area contributed by atoms with E-state index >= 15 is 0 Å². The monoisotopic (exact) mass is 437 g/mol. The average Bonchev–Trinajstić information content (AvgIpc) is 3.16. The van der Waals surface area contributed by atoms with E-state index < -0.39 is 0 Å². The van der Waals surface area contributed by atoms with Crippen LogP contribution in [0.2, 0.25) is 0 Å². The second-order valence-corrected chi connectivity index (χ2v) is 12.1. The number of anilines is 1. The molecule has 5 rings (SSSR count). The molecule has 1 N–H and O–H groups in total. The molecule has 32 heavy (non-hydrogen) atoms. The zero-order chi connectivity index (χ0) is 22.3. The van der Waals surface area contributed by atoms with Crippen LogP contribution in [0, 0.1) is 46.3 Å². The Bertz CT molecular complexity index is 809. The molecule has 3 nitrogen and oxygen atoms in total. The highest BCUT2D eigenvalue weighted by Crippen LogP contribution is 2.68. The van der Waals surface area contributed by atoms with Gasteiger partial charge >= 0.3 is 0 Å². The van der Waals surface area contributed by atoms with Gasteiger partial charge in [0.25, 0.3) is 0 Å². The molecule has 4 aliphatic carbocycles. The number of para-hydroxylation sites is 1. The SMILES string of the molecule is COCC12CCC(C)CC1CCC1C2CCC2(C)C1CC[C@@H]2C(=O)CNc1ccccc1. The standard InChI is InChI=1S/C29H43NO2/c1-20-13-16-29(19-32-3)21(17-20)9-10-23-24-11-12-26(28(24,2)15-14-25(23)29)27(31)18-30-22-7-5-4-6-8-22/h4-8,20-21,23-26,30H,9-19H2,1-3H3/t20?,21?,23?,24?,25?,26-,28?,29?/m1/s1. The summed E-state index contributed by atoms with van der Waals surface area (Å²) in [6.07, 6.45) is 11.8. The van der Waals surface area contributed by atoms with Gasteiger partial charge in [0, 0.05) is 18.7 Å². The second kappa shape index (κ2) is 8.78. The maximum atomic E-state index is 13.4. The minimum atomic E-state index is 0.194. The average molecular weight is 438 g/mol. The largest absolute Gasteiger partial charge is 0.384 e. The van der Waals surface area contributed by atoms with Crippen molar-refractivity contribution in [2.45, 2.75) is 71.6 Å². The third-order valence-corrected chi connectivity index (χ3v) is 10.7. The fraction of sp³-hybridized carbons (Fsp3) is 0.759. The molecule has 1 aromatic carbocycles. The molecule has 8 atom stereocenters. The van der Waals surface area contributed by atoms with Gasteiger partial charge in [-0.15, -0.1) is 0 Å². The number of carbonyl (C=O) groups excluding carboxylic acids is 1. The van der Waals surface area contributed by atoms with E-state index in [-0.39, 0.29) is 11.3 Å². The minimum absolute atomic E-state index is 0.194. The topological polar surface area (TPSA) is 38.3 Å². The summed E-state index contributed by atoms with van der Waals surface area (Å²) in [5, 5.41) is 3.39. The molecular formula is C29H43NO2. The number of benzene rings is 1. The molecule has 1 aromatic rings. The number of carbonyl (C=O) groups is 1. The highest BCUT2D eigenvalue weighted by atomic mass is 16.5. The van der Waals surface area contributed by atoms with E-state index in [1.165, 1.54) is 51.4 Å². The Balaban J connectivity index is 1.32. The first-order valence-corrected chi connectivity index (χ1v) is 13.3. The molecule has 0 spiro atoms. The lowest BCUT2D eigenvalue weighted by molar-refractivity contribution is -0.154. The first-order valence-electron chi connectivity index (χ1n) is 13.3. The van der Waals surface area contributed by atoms with E-state index in [1.807, 2.05) is 25.3 Å². The lowest BCUT2D eigenvalue weighted by atomic mass is 9.44. The van der Waals surface area contributed by atoms with Crippen LogP contribution in [-0.4, -0.2) is 26.0 Å². The molecule has 0 aliphatic heterocycles. The van der Waals surface area contributed by atoms with Crippen LogP contribution < -0.4 is 5.32 Å². The Labute approximate surface area is 195 Å². The van der Waals surface area contributed by atoms with Crippen molar-refractivity contribution in [3.05, 3.63) is 30.3 Å². The molecule has 4 fully saturated rings. The van der Waals surface area contributed by atoms with Crippen LogP contribution in [0.5, 0.6) is 0 Å². The molecule has 4 saturated carbocycles. The maximum absolute atomic E-state index is 13.4.